The molecule has 1 aromatic rings. The van der Waals surface area contributed by atoms with E-state index < -0.39 is 0 Å². The molecule has 5 heteroatoms. The second kappa shape index (κ2) is 5.32. The van der Waals surface area contributed by atoms with Crippen LogP contribution in [0.2, 0.25) is 10.0 Å². The van der Waals surface area contributed by atoms with E-state index in [-0.39, 0.29) is 6.04 Å². The van der Waals surface area contributed by atoms with Gasteiger partial charge < -0.3 is 0 Å². The lowest BCUT2D eigenvalue weighted by Gasteiger charge is -2.29. The van der Waals surface area contributed by atoms with E-state index in [0.29, 0.717) is 10.0 Å². The fourth-order valence-electron chi connectivity index (χ4n) is 2.00. The molecule has 0 saturated heterocycles. The van der Waals surface area contributed by atoms with Crippen molar-refractivity contribution in [1.82, 2.24) is 10.4 Å². The molecule has 1 fully saturated rings. The number of halogens is 2. The molecule has 3 N–H and O–H groups in total. The van der Waals surface area contributed by atoms with E-state index in [0.717, 1.165) is 18.0 Å². The number of hydrazine groups is 1. The van der Waals surface area contributed by atoms with Crippen molar-refractivity contribution >= 4 is 23.2 Å². The quantitative estimate of drug-likeness (QED) is 0.646. The van der Waals surface area contributed by atoms with Crippen LogP contribution in [0.25, 0.3) is 0 Å². The minimum Gasteiger partial charge on any atom is -0.271 e. The van der Waals surface area contributed by atoms with Crippen molar-refractivity contribution in [3.63, 3.8) is 0 Å². The lowest BCUT2D eigenvalue weighted by molar-refractivity contribution is 0.260. The first-order valence-electron chi connectivity index (χ1n) is 5.47. The zero-order chi connectivity index (χ0) is 11.5. The maximum Gasteiger partial charge on any atom is 0.0773 e. The summed E-state index contributed by atoms with van der Waals surface area (Å²) < 4.78 is 0. The number of hydrogen-bond donors (Lipinski definition) is 2. The van der Waals surface area contributed by atoms with Gasteiger partial charge in [-0.2, -0.15) is 0 Å². The monoisotopic (exact) mass is 259 g/mol. The first kappa shape index (κ1) is 12.1. The van der Waals surface area contributed by atoms with Gasteiger partial charge in [0, 0.05) is 6.20 Å². The Kier molecular flexibility index (Phi) is 4.03. The molecule has 1 aliphatic rings. The predicted molar refractivity (Wildman–Crippen MR) is 66.3 cm³/mol. The number of nitrogens with two attached hydrogens (primary N) is 1. The van der Waals surface area contributed by atoms with Crippen LogP contribution < -0.4 is 11.3 Å². The average molecular weight is 260 g/mol. The summed E-state index contributed by atoms with van der Waals surface area (Å²) in [5, 5.41) is 1.13. The highest BCUT2D eigenvalue weighted by molar-refractivity contribution is 6.34. The number of aromatic nitrogens is 1. The van der Waals surface area contributed by atoms with Gasteiger partial charge in [0.1, 0.15) is 0 Å². The largest absolute Gasteiger partial charge is 0.271 e. The Hall–Kier alpha value is -0.350. The second-order valence-corrected chi connectivity index (χ2v) is 5.12. The molecule has 1 aliphatic carbocycles. The van der Waals surface area contributed by atoms with Gasteiger partial charge in [0.2, 0.25) is 0 Å². The van der Waals surface area contributed by atoms with E-state index in [9.17, 15) is 0 Å². The summed E-state index contributed by atoms with van der Waals surface area (Å²) in [6, 6.07) is 1.73. The third kappa shape index (κ3) is 2.66. The van der Waals surface area contributed by atoms with Crippen LogP contribution in [0, 0.1) is 5.92 Å². The molecule has 0 amide bonds. The molecular formula is C11H15Cl2N3. The second-order valence-electron chi connectivity index (χ2n) is 4.27. The van der Waals surface area contributed by atoms with Gasteiger partial charge in [-0.3, -0.25) is 16.3 Å². The Morgan fingerprint density at radius 1 is 1.50 bits per heavy atom. The highest BCUT2D eigenvalue weighted by atomic mass is 35.5. The van der Waals surface area contributed by atoms with Crippen LogP contribution in [-0.4, -0.2) is 4.98 Å². The summed E-state index contributed by atoms with van der Waals surface area (Å²) >= 11 is 11.9. The fraction of sp³-hybridized carbons (Fsp3) is 0.545. The maximum absolute atomic E-state index is 6.11. The minimum absolute atomic E-state index is 0.0232. The van der Waals surface area contributed by atoms with Crippen LogP contribution in [0.3, 0.4) is 0 Å². The summed E-state index contributed by atoms with van der Waals surface area (Å²) in [4.78, 5) is 4.25. The van der Waals surface area contributed by atoms with Crippen molar-refractivity contribution in [2.45, 2.75) is 31.7 Å². The molecule has 0 aromatic carbocycles. The van der Waals surface area contributed by atoms with E-state index in [1.165, 1.54) is 19.3 Å². The molecule has 88 valence electrons. The maximum atomic E-state index is 6.11. The van der Waals surface area contributed by atoms with E-state index >= 15 is 0 Å². The normalized spacial score (nSPS) is 18.2. The number of hydrogen-bond acceptors (Lipinski definition) is 3. The highest BCUT2D eigenvalue weighted by Crippen LogP contribution is 2.35. The Morgan fingerprint density at radius 3 is 2.75 bits per heavy atom. The Balaban J connectivity index is 2.11. The summed E-state index contributed by atoms with van der Waals surface area (Å²) in [6.07, 6.45) is 6.48. The molecule has 1 atom stereocenters. The van der Waals surface area contributed by atoms with Crippen LogP contribution in [0.1, 0.15) is 37.4 Å². The number of rotatable bonds is 4. The van der Waals surface area contributed by atoms with Gasteiger partial charge in [-0.05, 0) is 18.4 Å². The molecular weight excluding hydrogens is 245 g/mol. The van der Waals surface area contributed by atoms with Crippen LogP contribution in [0.5, 0.6) is 0 Å². The first-order valence-corrected chi connectivity index (χ1v) is 6.23. The van der Waals surface area contributed by atoms with Gasteiger partial charge in [-0.25, -0.2) is 0 Å². The molecule has 3 nitrogen and oxygen atoms in total. The van der Waals surface area contributed by atoms with Gasteiger partial charge in [-0.15, -0.1) is 0 Å². The molecule has 1 saturated carbocycles. The molecule has 16 heavy (non-hydrogen) atoms. The molecule has 0 aliphatic heterocycles. The lowest BCUT2D eigenvalue weighted by atomic mass is 9.80. The van der Waals surface area contributed by atoms with Crippen LogP contribution in [-0.2, 0) is 0 Å². The minimum atomic E-state index is 0.0232. The van der Waals surface area contributed by atoms with Crippen molar-refractivity contribution in [2.75, 3.05) is 0 Å². The molecule has 0 radical (unpaired) electrons. The standard InChI is InChI=1S/C11H15Cl2N3/c12-8-5-9(13)11(15-6-8)10(16-14)4-7-2-1-3-7/h5-7,10,16H,1-4,14H2. The van der Waals surface area contributed by atoms with Crippen LogP contribution in [0.15, 0.2) is 12.3 Å². The molecule has 2 rings (SSSR count). The van der Waals surface area contributed by atoms with Gasteiger partial charge >= 0.3 is 0 Å². The highest BCUT2D eigenvalue weighted by Gasteiger charge is 2.24. The van der Waals surface area contributed by atoms with Gasteiger partial charge in [0.05, 0.1) is 21.8 Å². The zero-order valence-electron chi connectivity index (χ0n) is 8.92. The van der Waals surface area contributed by atoms with E-state index in [1.54, 1.807) is 12.3 Å². The Morgan fingerprint density at radius 2 is 2.25 bits per heavy atom. The van der Waals surface area contributed by atoms with Crippen LogP contribution >= 0.6 is 23.2 Å². The summed E-state index contributed by atoms with van der Waals surface area (Å²) in [5.41, 5.74) is 3.58. The SMILES string of the molecule is NNC(CC1CCC1)c1ncc(Cl)cc1Cl. The predicted octanol–water partition coefficient (Wildman–Crippen LogP) is 3.08. The summed E-state index contributed by atoms with van der Waals surface area (Å²) in [7, 11) is 0. The van der Waals surface area contributed by atoms with Crippen molar-refractivity contribution in [3.8, 4) is 0 Å². The van der Waals surface area contributed by atoms with E-state index in [4.69, 9.17) is 29.0 Å². The molecule has 1 aromatic heterocycles. The molecule has 1 unspecified atom stereocenters. The first-order chi connectivity index (χ1) is 7.70. The van der Waals surface area contributed by atoms with Gasteiger partial charge in [0.15, 0.2) is 0 Å². The van der Waals surface area contributed by atoms with Crippen molar-refractivity contribution in [3.05, 3.63) is 28.0 Å². The Bertz CT molecular complexity index is 366. The van der Waals surface area contributed by atoms with Gasteiger partial charge in [0.25, 0.3) is 0 Å². The van der Waals surface area contributed by atoms with Crippen molar-refractivity contribution in [2.24, 2.45) is 11.8 Å². The topological polar surface area (TPSA) is 50.9 Å². The smallest absolute Gasteiger partial charge is 0.0773 e. The number of nitrogens with one attached hydrogen (secondary N) is 1. The number of pyridine rings is 1. The van der Waals surface area contributed by atoms with E-state index in [1.807, 2.05) is 0 Å². The lowest BCUT2D eigenvalue weighted by Crippen LogP contribution is -2.31. The third-order valence-corrected chi connectivity index (χ3v) is 3.67. The van der Waals surface area contributed by atoms with Crippen LogP contribution in [0.4, 0.5) is 0 Å². The third-order valence-electron chi connectivity index (χ3n) is 3.16. The van der Waals surface area contributed by atoms with Gasteiger partial charge in [-0.1, -0.05) is 42.5 Å². The Labute approximate surface area is 105 Å². The molecule has 0 bridgehead atoms. The number of nitrogens with zero attached hydrogens (tertiary/aromatic N) is 1. The zero-order valence-corrected chi connectivity index (χ0v) is 10.4. The van der Waals surface area contributed by atoms with Crippen molar-refractivity contribution < 1.29 is 0 Å². The van der Waals surface area contributed by atoms with Crippen molar-refractivity contribution in [1.29, 1.82) is 0 Å². The molecule has 0 spiro atoms. The summed E-state index contributed by atoms with van der Waals surface area (Å²) in [5.74, 6) is 6.30. The average Bonchev–Trinajstić information content (AvgIpc) is 2.18. The molecule has 1 heterocycles. The summed E-state index contributed by atoms with van der Waals surface area (Å²) in [6.45, 7) is 0. The fourth-order valence-corrected chi connectivity index (χ4v) is 2.51. The van der Waals surface area contributed by atoms with E-state index in [2.05, 4.69) is 10.4 Å².